The van der Waals surface area contributed by atoms with Crippen molar-refractivity contribution in [3.8, 4) is 0 Å². The van der Waals surface area contributed by atoms with Crippen LogP contribution in [0.15, 0.2) is 16.5 Å². The molecule has 1 rings (SSSR count). The quantitative estimate of drug-likeness (QED) is 0.745. The van der Waals surface area contributed by atoms with Gasteiger partial charge < -0.3 is 13.9 Å². The van der Waals surface area contributed by atoms with Crippen LogP contribution in [0.4, 0.5) is 0 Å². The molecular weight excluding hydrogens is 180 g/mol. The van der Waals surface area contributed by atoms with E-state index in [1.165, 1.54) is 0 Å². The highest BCUT2D eigenvalue weighted by molar-refractivity contribution is 5.05. The van der Waals surface area contributed by atoms with Gasteiger partial charge in [0, 0.05) is 7.11 Å². The van der Waals surface area contributed by atoms with E-state index in [4.69, 9.17) is 13.9 Å². The van der Waals surface area contributed by atoms with Gasteiger partial charge in [-0.1, -0.05) is 0 Å². The van der Waals surface area contributed by atoms with Gasteiger partial charge in [-0.15, -0.1) is 0 Å². The molecule has 0 radical (unpaired) electrons. The normalized spacial score (nSPS) is 12.0. The number of hydrogen-bond donors (Lipinski definition) is 0. The van der Waals surface area contributed by atoms with E-state index >= 15 is 0 Å². The summed E-state index contributed by atoms with van der Waals surface area (Å²) >= 11 is 0. The first-order valence-electron chi connectivity index (χ1n) is 4.72. The summed E-state index contributed by atoms with van der Waals surface area (Å²) < 4.78 is 16.0. The van der Waals surface area contributed by atoms with Crippen molar-refractivity contribution in [2.75, 3.05) is 7.11 Å². The number of hydrogen-bond acceptors (Lipinski definition) is 3. The zero-order chi connectivity index (χ0) is 10.6. The van der Waals surface area contributed by atoms with Gasteiger partial charge in [0.15, 0.2) is 0 Å². The van der Waals surface area contributed by atoms with Crippen LogP contribution in [0.2, 0.25) is 0 Å². The second-order valence-electron chi connectivity index (χ2n) is 4.20. The largest absolute Gasteiger partial charge is 0.461 e. The van der Waals surface area contributed by atoms with Gasteiger partial charge in [-0.05, 0) is 32.9 Å². The summed E-state index contributed by atoms with van der Waals surface area (Å²) in [6, 6.07) is 3.82. The van der Waals surface area contributed by atoms with Crippen molar-refractivity contribution < 1.29 is 13.9 Å². The third kappa shape index (κ3) is 3.94. The van der Waals surface area contributed by atoms with Gasteiger partial charge in [-0.25, -0.2) is 0 Å². The lowest BCUT2D eigenvalue weighted by atomic mass is 10.2. The molecule has 1 heterocycles. The van der Waals surface area contributed by atoms with E-state index in [1.807, 2.05) is 32.9 Å². The van der Waals surface area contributed by atoms with E-state index in [1.54, 1.807) is 7.11 Å². The average molecular weight is 198 g/mol. The Morgan fingerprint density at radius 2 is 1.71 bits per heavy atom. The van der Waals surface area contributed by atoms with E-state index in [9.17, 15) is 0 Å². The third-order valence-electron chi connectivity index (χ3n) is 1.65. The molecule has 0 atom stereocenters. The minimum absolute atomic E-state index is 0.131. The molecule has 80 valence electrons. The summed E-state index contributed by atoms with van der Waals surface area (Å²) in [5.74, 6) is 1.67. The maximum absolute atomic E-state index is 5.57. The van der Waals surface area contributed by atoms with E-state index in [2.05, 4.69) is 0 Å². The zero-order valence-electron chi connectivity index (χ0n) is 9.29. The van der Waals surface area contributed by atoms with Crippen LogP contribution < -0.4 is 0 Å². The molecule has 0 saturated carbocycles. The molecule has 14 heavy (non-hydrogen) atoms. The van der Waals surface area contributed by atoms with E-state index in [0.29, 0.717) is 13.2 Å². The molecule has 0 unspecified atom stereocenters. The SMILES string of the molecule is COCc1ccc(COC(C)(C)C)o1. The Morgan fingerprint density at radius 1 is 1.14 bits per heavy atom. The van der Waals surface area contributed by atoms with Gasteiger partial charge >= 0.3 is 0 Å². The van der Waals surface area contributed by atoms with Gasteiger partial charge in [0.2, 0.25) is 0 Å². The van der Waals surface area contributed by atoms with E-state index in [-0.39, 0.29) is 5.60 Å². The highest BCUT2D eigenvalue weighted by atomic mass is 16.5. The van der Waals surface area contributed by atoms with Gasteiger partial charge in [0.25, 0.3) is 0 Å². The monoisotopic (exact) mass is 198 g/mol. The summed E-state index contributed by atoms with van der Waals surface area (Å²) in [6.45, 7) is 7.08. The summed E-state index contributed by atoms with van der Waals surface area (Å²) in [4.78, 5) is 0. The van der Waals surface area contributed by atoms with Crippen LogP contribution in [0.3, 0.4) is 0 Å². The number of furan rings is 1. The summed E-state index contributed by atoms with van der Waals surface area (Å²) in [7, 11) is 1.65. The maximum Gasteiger partial charge on any atom is 0.130 e. The first-order chi connectivity index (χ1) is 6.51. The number of rotatable bonds is 4. The molecule has 0 bridgehead atoms. The molecule has 0 aliphatic carbocycles. The van der Waals surface area contributed by atoms with Crippen molar-refractivity contribution in [2.24, 2.45) is 0 Å². The standard InChI is InChI=1S/C11H18O3/c1-11(2,3)13-8-10-6-5-9(14-10)7-12-4/h5-6H,7-8H2,1-4H3. The molecule has 0 aliphatic heterocycles. The fourth-order valence-corrected chi connectivity index (χ4v) is 1.01. The highest BCUT2D eigenvalue weighted by Gasteiger charge is 2.11. The van der Waals surface area contributed by atoms with E-state index in [0.717, 1.165) is 11.5 Å². The number of ether oxygens (including phenoxy) is 2. The molecule has 0 aliphatic rings. The van der Waals surface area contributed by atoms with Gasteiger partial charge in [0.05, 0.1) is 5.60 Å². The van der Waals surface area contributed by atoms with Crippen LogP contribution >= 0.6 is 0 Å². The molecule has 0 saturated heterocycles. The van der Waals surface area contributed by atoms with Crippen LogP contribution in [0.1, 0.15) is 32.3 Å². The van der Waals surface area contributed by atoms with Crippen LogP contribution in [-0.2, 0) is 22.7 Å². The minimum Gasteiger partial charge on any atom is -0.461 e. The van der Waals surface area contributed by atoms with Crippen molar-refractivity contribution in [3.05, 3.63) is 23.7 Å². The van der Waals surface area contributed by atoms with Crippen molar-refractivity contribution in [1.82, 2.24) is 0 Å². The molecule has 0 aromatic carbocycles. The van der Waals surface area contributed by atoms with Crippen LogP contribution in [0.25, 0.3) is 0 Å². The Bertz CT molecular complexity index is 270. The van der Waals surface area contributed by atoms with Gasteiger partial charge in [-0.3, -0.25) is 0 Å². The van der Waals surface area contributed by atoms with Crippen molar-refractivity contribution >= 4 is 0 Å². The second-order valence-corrected chi connectivity index (χ2v) is 4.20. The Morgan fingerprint density at radius 3 is 2.21 bits per heavy atom. The molecule has 0 fully saturated rings. The molecule has 0 amide bonds. The predicted octanol–water partition coefficient (Wildman–Crippen LogP) is 2.74. The Kier molecular flexibility index (Phi) is 3.72. The molecule has 3 nitrogen and oxygen atoms in total. The van der Waals surface area contributed by atoms with Crippen LogP contribution in [0.5, 0.6) is 0 Å². The van der Waals surface area contributed by atoms with Crippen LogP contribution in [-0.4, -0.2) is 12.7 Å². The molecule has 0 N–H and O–H groups in total. The zero-order valence-corrected chi connectivity index (χ0v) is 9.29. The summed E-state index contributed by atoms with van der Waals surface area (Å²) in [5.41, 5.74) is -0.131. The van der Waals surface area contributed by atoms with Gasteiger partial charge in [-0.2, -0.15) is 0 Å². The lowest BCUT2D eigenvalue weighted by Crippen LogP contribution is -2.18. The average Bonchev–Trinajstić information content (AvgIpc) is 2.49. The molecular formula is C11H18O3. The fourth-order valence-electron chi connectivity index (χ4n) is 1.01. The van der Waals surface area contributed by atoms with Crippen molar-refractivity contribution in [1.29, 1.82) is 0 Å². The van der Waals surface area contributed by atoms with Crippen molar-refractivity contribution in [2.45, 2.75) is 39.6 Å². The van der Waals surface area contributed by atoms with Crippen LogP contribution in [0, 0.1) is 0 Å². The topological polar surface area (TPSA) is 31.6 Å². The predicted molar refractivity (Wildman–Crippen MR) is 54.0 cm³/mol. The fraction of sp³-hybridized carbons (Fsp3) is 0.636. The molecule has 1 aromatic heterocycles. The highest BCUT2D eigenvalue weighted by Crippen LogP contribution is 2.14. The van der Waals surface area contributed by atoms with Gasteiger partial charge in [0.1, 0.15) is 24.7 Å². The first kappa shape index (κ1) is 11.3. The Balaban J connectivity index is 2.44. The minimum atomic E-state index is -0.131. The molecule has 0 spiro atoms. The molecule has 3 heteroatoms. The Labute approximate surface area is 85.0 Å². The third-order valence-corrected chi connectivity index (χ3v) is 1.65. The first-order valence-corrected chi connectivity index (χ1v) is 4.72. The summed E-state index contributed by atoms with van der Waals surface area (Å²) in [5, 5.41) is 0. The second kappa shape index (κ2) is 4.62. The number of methoxy groups -OCH3 is 1. The Hall–Kier alpha value is -0.800. The summed E-state index contributed by atoms with van der Waals surface area (Å²) in [6.07, 6.45) is 0. The van der Waals surface area contributed by atoms with Crippen molar-refractivity contribution in [3.63, 3.8) is 0 Å². The van der Waals surface area contributed by atoms with E-state index < -0.39 is 0 Å². The lowest BCUT2D eigenvalue weighted by Gasteiger charge is -2.18. The smallest absolute Gasteiger partial charge is 0.130 e. The molecule has 1 aromatic rings. The maximum atomic E-state index is 5.57. The lowest BCUT2D eigenvalue weighted by molar-refractivity contribution is -0.0231.